The predicted molar refractivity (Wildman–Crippen MR) is 99.9 cm³/mol. The van der Waals surface area contributed by atoms with Gasteiger partial charge >= 0.3 is 0 Å². The molecule has 3 atom stereocenters. The zero-order chi connectivity index (χ0) is 19.0. The molecule has 8 nitrogen and oxygen atoms in total. The average Bonchev–Trinajstić information content (AvgIpc) is 3.30. The van der Waals surface area contributed by atoms with E-state index < -0.39 is 15.9 Å². The van der Waals surface area contributed by atoms with E-state index in [0.717, 1.165) is 5.56 Å². The Balaban J connectivity index is 1.60. The van der Waals surface area contributed by atoms with Crippen molar-refractivity contribution in [3.63, 3.8) is 0 Å². The number of ether oxygens (including phenoxy) is 1. The predicted octanol–water partition coefficient (Wildman–Crippen LogP) is 1.65. The normalized spacial score (nSPS) is 25.9. The van der Waals surface area contributed by atoms with E-state index in [1.165, 1.54) is 34.2 Å². The Hall–Kier alpha value is -1.88. The Morgan fingerprint density at radius 2 is 2.26 bits per heavy atom. The third kappa shape index (κ3) is 3.49. The van der Waals surface area contributed by atoms with Crippen molar-refractivity contribution in [2.45, 2.75) is 36.1 Å². The number of aromatic nitrogens is 2. The van der Waals surface area contributed by atoms with Crippen molar-refractivity contribution in [3.8, 4) is 0 Å². The van der Waals surface area contributed by atoms with Crippen molar-refractivity contribution in [2.24, 2.45) is 5.92 Å². The van der Waals surface area contributed by atoms with Crippen LogP contribution in [-0.4, -0.2) is 53.9 Å². The van der Waals surface area contributed by atoms with E-state index in [-0.39, 0.29) is 24.6 Å². The van der Waals surface area contributed by atoms with Crippen molar-refractivity contribution in [1.82, 2.24) is 14.3 Å². The summed E-state index contributed by atoms with van der Waals surface area (Å²) < 4.78 is 34.1. The summed E-state index contributed by atoms with van der Waals surface area (Å²) in [7, 11) is -3.68. The molecule has 1 amide bonds. The number of amides is 1. The zero-order valence-electron chi connectivity index (χ0n) is 14.7. The molecule has 2 aromatic rings. The first-order chi connectivity index (χ1) is 13.0. The lowest BCUT2D eigenvalue weighted by molar-refractivity contribution is -0.123. The summed E-state index contributed by atoms with van der Waals surface area (Å²) in [6, 6.07) is 1.57. The molecule has 2 fully saturated rings. The van der Waals surface area contributed by atoms with Crippen LogP contribution in [-0.2, 0) is 19.6 Å². The number of rotatable bonds is 4. The molecule has 2 saturated heterocycles. The van der Waals surface area contributed by atoms with Crippen molar-refractivity contribution >= 4 is 33.1 Å². The number of thiophene rings is 1. The molecule has 0 spiro atoms. The number of fused-ring (bicyclic) bond motifs is 1. The number of hydrogen-bond acceptors (Lipinski definition) is 7. The summed E-state index contributed by atoms with van der Waals surface area (Å²) in [5, 5.41) is 4.49. The molecular formula is C17H20N4O4S2. The molecule has 144 valence electrons. The largest absolute Gasteiger partial charge is 0.376 e. The highest BCUT2D eigenvalue weighted by Gasteiger charge is 2.47. The molecule has 2 aliphatic rings. The quantitative estimate of drug-likeness (QED) is 0.826. The first-order valence-electron chi connectivity index (χ1n) is 8.71. The average molecular weight is 409 g/mol. The van der Waals surface area contributed by atoms with Gasteiger partial charge in [0.15, 0.2) is 5.82 Å². The molecule has 1 N–H and O–H groups in total. The zero-order valence-corrected chi connectivity index (χ0v) is 16.4. The maximum absolute atomic E-state index is 13.3. The van der Waals surface area contributed by atoms with Gasteiger partial charge in [-0.1, -0.05) is 0 Å². The van der Waals surface area contributed by atoms with Gasteiger partial charge in [0.25, 0.3) is 10.0 Å². The third-order valence-electron chi connectivity index (χ3n) is 5.01. The highest BCUT2D eigenvalue weighted by Crippen LogP contribution is 2.37. The second-order valence-corrected chi connectivity index (χ2v) is 9.75. The fourth-order valence-corrected chi connectivity index (χ4v) is 6.94. The van der Waals surface area contributed by atoms with E-state index in [2.05, 4.69) is 15.3 Å². The molecular weight excluding hydrogens is 388 g/mol. The Bertz CT molecular complexity index is 931. The lowest BCUT2D eigenvalue weighted by Crippen LogP contribution is -2.54. The van der Waals surface area contributed by atoms with E-state index in [0.29, 0.717) is 29.5 Å². The minimum atomic E-state index is -3.68. The second kappa shape index (κ2) is 7.27. The molecule has 27 heavy (non-hydrogen) atoms. The topological polar surface area (TPSA) is 101 Å². The van der Waals surface area contributed by atoms with Gasteiger partial charge in [0.05, 0.1) is 24.3 Å². The number of hydrogen-bond donors (Lipinski definition) is 1. The van der Waals surface area contributed by atoms with Crippen LogP contribution in [0.4, 0.5) is 5.82 Å². The van der Waals surface area contributed by atoms with Crippen LogP contribution in [0.25, 0.3) is 0 Å². The maximum Gasteiger partial charge on any atom is 0.253 e. The van der Waals surface area contributed by atoms with Gasteiger partial charge in [0.2, 0.25) is 5.91 Å². The van der Waals surface area contributed by atoms with Gasteiger partial charge in [-0.25, -0.2) is 13.4 Å². The minimum absolute atomic E-state index is 0.135. The van der Waals surface area contributed by atoms with Crippen LogP contribution >= 0.6 is 11.3 Å². The number of carbonyl (C=O) groups excluding carboxylic acids is 1. The molecule has 0 bridgehead atoms. The van der Waals surface area contributed by atoms with Crippen molar-refractivity contribution in [3.05, 3.63) is 35.6 Å². The van der Waals surface area contributed by atoms with Crippen molar-refractivity contribution in [1.29, 1.82) is 0 Å². The lowest BCUT2D eigenvalue weighted by Gasteiger charge is -2.39. The molecule has 0 radical (unpaired) electrons. The number of carbonyl (C=O) groups is 1. The van der Waals surface area contributed by atoms with Gasteiger partial charge in [-0.15, -0.1) is 11.3 Å². The van der Waals surface area contributed by atoms with E-state index >= 15 is 0 Å². The van der Waals surface area contributed by atoms with Crippen LogP contribution in [0.1, 0.15) is 18.4 Å². The molecule has 4 rings (SSSR count). The third-order valence-corrected chi connectivity index (χ3v) is 8.56. The first-order valence-corrected chi connectivity index (χ1v) is 11.0. The van der Waals surface area contributed by atoms with Gasteiger partial charge in [0.1, 0.15) is 4.21 Å². The van der Waals surface area contributed by atoms with E-state index in [4.69, 9.17) is 4.74 Å². The van der Waals surface area contributed by atoms with E-state index in [1.807, 2.05) is 0 Å². The molecule has 0 aromatic carbocycles. The number of aryl methyl sites for hydroxylation is 1. The smallest absolute Gasteiger partial charge is 0.253 e. The number of anilines is 1. The molecule has 2 aromatic heterocycles. The van der Waals surface area contributed by atoms with E-state index in [1.54, 1.807) is 18.4 Å². The molecule has 10 heteroatoms. The standard InChI is InChI=1S/C17H20N4O4S2/c1-11-3-7-26-17(11)27(23,24)21-10-12(8-14-13(21)2-6-25-14)16(22)20-15-9-18-4-5-19-15/h3-5,7,9,12-14H,2,6,8,10H2,1H3,(H,19,20,22)/t12-,13-,14-/m1/s1. The minimum Gasteiger partial charge on any atom is -0.376 e. The summed E-state index contributed by atoms with van der Waals surface area (Å²) in [5.41, 5.74) is 0.724. The van der Waals surface area contributed by atoms with Crippen LogP contribution in [0.3, 0.4) is 0 Å². The number of nitrogens with one attached hydrogen (secondary N) is 1. The first kappa shape index (κ1) is 18.5. The van der Waals surface area contributed by atoms with Gasteiger partial charge in [-0.05, 0) is 36.8 Å². The second-order valence-electron chi connectivity index (χ2n) is 6.74. The summed E-state index contributed by atoms with van der Waals surface area (Å²) in [6.45, 7) is 2.42. The Morgan fingerprint density at radius 1 is 1.41 bits per heavy atom. The highest BCUT2D eigenvalue weighted by atomic mass is 32.2. The highest BCUT2D eigenvalue weighted by molar-refractivity contribution is 7.91. The maximum atomic E-state index is 13.3. The molecule has 0 saturated carbocycles. The molecule has 4 heterocycles. The molecule has 0 aliphatic carbocycles. The summed E-state index contributed by atoms with van der Waals surface area (Å²) in [4.78, 5) is 20.7. The van der Waals surface area contributed by atoms with Gasteiger partial charge in [-0.3, -0.25) is 9.78 Å². The number of sulfonamides is 1. The summed E-state index contributed by atoms with van der Waals surface area (Å²) >= 11 is 1.21. The lowest BCUT2D eigenvalue weighted by atomic mass is 9.91. The Kier molecular flexibility index (Phi) is 4.97. The fraction of sp³-hybridized carbons (Fsp3) is 0.471. The monoisotopic (exact) mass is 408 g/mol. The van der Waals surface area contributed by atoms with Crippen LogP contribution in [0, 0.1) is 12.8 Å². The van der Waals surface area contributed by atoms with Crippen LogP contribution in [0.15, 0.2) is 34.2 Å². The van der Waals surface area contributed by atoms with Crippen LogP contribution in [0.2, 0.25) is 0 Å². The van der Waals surface area contributed by atoms with E-state index in [9.17, 15) is 13.2 Å². The Labute approximate surface area is 161 Å². The molecule has 0 unspecified atom stereocenters. The number of piperidine rings is 1. The molecule has 2 aliphatic heterocycles. The van der Waals surface area contributed by atoms with Crippen LogP contribution in [0.5, 0.6) is 0 Å². The van der Waals surface area contributed by atoms with Gasteiger partial charge in [0, 0.05) is 25.5 Å². The SMILES string of the molecule is Cc1ccsc1S(=O)(=O)N1C[C@H](C(=O)Nc2cnccn2)C[C@H]2OCC[C@H]21. The fourth-order valence-electron chi connectivity index (χ4n) is 3.69. The van der Waals surface area contributed by atoms with Crippen molar-refractivity contribution < 1.29 is 17.9 Å². The summed E-state index contributed by atoms with van der Waals surface area (Å²) in [5.74, 6) is -0.436. The van der Waals surface area contributed by atoms with Gasteiger partial charge < -0.3 is 10.1 Å². The Morgan fingerprint density at radius 3 is 2.96 bits per heavy atom. The van der Waals surface area contributed by atoms with Crippen molar-refractivity contribution in [2.75, 3.05) is 18.5 Å². The van der Waals surface area contributed by atoms with Crippen LogP contribution < -0.4 is 5.32 Å². The van der Waals surface area contributed by atoms with Gasteiger partial charge in [-0.2, -0.15) is 4.31 Å². The summed E-state index contributed by atoms with van der Waals surface area (Å²) in [6.07, 6.45) is 5.33. The number of nitrogens with zero attached hydrogens (tertiary/aromatic N) is 3.